The SMILES string of the molecule is CN/C=C(/Nc1ncc(C(F)(F)F)c(Nc2cccc(N)c2)n1)C(=N)Cl. The average Bonchev–Trinajstić information content (AvgIpc) is 2.53. The van der Waals surface area contributed by atoms with Crippen molar-refractivity contribution in [1.82, 2.24) is 15.3 Å². The third kappa shape index (κ3) is 4.99. The fourth-order valence-electron chi connectivity index (χ4n) is 1.92. The number of alkyl halides is 3. The van der Waals surface area contributed by atoms with Crippen LogP contribution in [0.1, 0.15) is 5.56 Å². The first-order chi connectivity index (χ1) is 12.2. The summed E-state index contributed by atoms with van der Waals surface area (Å²) in [5.41, 5.74) is 5.39. The summed E-state index contributed by atoms with van der Waals surface area (Å²) in [5.74, 6) is -0.637. The first-order valence-corrected chi connectivity index (χ1v) is 7.54. The molecule has 0 unspecified atom stereocenters. The maximum atomic E-state index is 13.2. The van der Waals surface area contributed by atoms with Gasteiger partial charge in [-0.3, -0.25) is 5.41 Å². The van der Waals surface area contributed by atoms with Crippen molar-refractivity contribution in [2.24, 2.45) is 0 Å². The molecule has 138 valence electrons. The number of benzene rings is 1. The van der Waals surface area contributed by atoms with E-state index < -0.39 is 17.6 Å². The molecule has 6 N–H and O–H groups in total. The molecule has 7 nitrogen and oxygen atoms in total. The van der Waals surface area contributed by atoms with E-state index in [-0.39, 0.29) is 16.8 Å². The van der Waals surface area contributed by atoms with Crippen molar-refractivity contribution in [3.63, 3.8) is 0 Å². The number of hydrogen-bond donors (Lipinski definition) is 5. The Morgan fingerprint density at radius 3 is 2.65 bits per heavy atom. The van der Waals surface area contributed by atoms with E-state index in [1.165, 1.54) is 12.3 Å². The highest BCUT2D eigenvalue weighted by Crippen LogP contribution is 2.35. The van der Waals surface area contributed by atoms with Crippen LogP contribution >= 0.6 is 11.6 Å². The van der Waals surface area contributed by atoms with Crippen LogP contribution in [0.3, 0.4) is 0 Å². The Morgan fingerprint density at radius 1 is 1.35 bits per heavy atom. The number of nitrogens with two attached hydrogens (primary N) is 1. The van der Waals surface area contributed by atoms with Crippen molar-refractivity contribution < 1.29 is 13.2 Å². The van der Waals surface area contributed by atoms with Crippen molar-refractivity contribution in [2.45, 2.75) is 6.18 Å². The fourth-order valence-corrected chi connectivity index (χ4v) is 2.02. The summed E-state index contributed by atoms with van der Waals surface area (Å²) in [6.45, 7) is 0. The van der Waals surface area contributed by atoms with Gasteiger partial charge in [0, 0.05) is 30.8 Å². The van der Waals surface area contributed by atoms with Gasteiger partial charge in [0.15, 0.2) is 0 Å². The molecule has 0 aliphatic heterocycles. The molecule has 0 aliphatic rings. The Bertz CT molecular complexity index is 836. The van der Waals surface area contributed by atoms with E-state index in [0.717, 1.165) is 0 Å². The first-order valence-electron chi connectivity index (χ1n) is 7.16. The fraction of sp³-hybridized carbons (Fsp3) is 0.133. The summed E-state index contributed by atoms with van der Waals surface area (Å²) >= 11 is 5.61. The van der Waals surface area contributed by atoms with Gasteiger partial charge in [0.2, 0.25) is 5.95 Å². The number of aromatic nitrogens is 2. The lowest BCUT2D eigenvalue weighted by molar-refractivity contribution is -0.137. The van der Waals surface area contributed by atoms with Gasteiger partial charge in [-0.25, -0.2) is 4.98 Å². The molecule has 0 bridgehead atoms. The molecule has 0 radical (unpaired) electrons. The smallest absolute Gasteiger partial charge is 0.399 e. The molecule has 0 fully saturated rings. The van der Waals surface area contributed by atoms with Gasteiger partial charge in [0.05, 0.1) is 5.70 Å². The van der Waals surface area contributed by atoms with Gasteiger partial charge in [-0.1, -0.05) is 17.7 Å². The molecule has 1 aromatic carbocycles. The summed E-state index contributed by atoms with van der Waals surface area (Å²) in [7, 11) is 1.57. The van der Waals surface area contributed by atoms with E-state index in [4.69, 9.17) is 22.7 Å². The topological polar surface area (TPSA) is 112 Å². The van der Waals surface area contributed by atoms with Crippen LogP contribution in [0.25, 0.3) is 0 Å². The van der Waals surface area contributed by atoms with Crippen LogP contribution in [0.15, 0.2) is 42.4 Å². The zero-order valence-corrected chi connectivity index (χ0v) is 14.2. The zero-order valence-electron chi connectivity index (χ0n) is 13.4. The molecule has 1 aromatic heterocycles. The molecule has 0 spiro atoms. The summed E-state index contributed by atoms with van der Waals surface area (Å²) in [6.07, 6.45) is -2.68. The number of nitrogens with zero attached hydrogens (tertiary/aromatic N) is 2. The minimum atomic E-state index is -4.66. The summed E-state index contributed by atoms with van der Waals surface area (Å²) in [4.78, 5) is 7.49. The molecular formula is C15H15ClF3N7. The third-order valence-electron chi connectivity index (χ3n) is 3.02. The van der Waals surface area contributed by atoms with Gasteiger partial charge in [0.1, 0.15) is 16.6 Å². The van der Waals surface area contributed by atoms with E-state index in [9.17, 15) is 13.2 Å². The van der Waals surface area contributed by atoms with Crippen molar-refractivity contribution >= 4 is 39.9 Å². The van der Waals surface area contributed by atoms with Gasteiger partial charge < -0.3 is 21.7 Å². The van der Waals surface area contributed by atoms with E-state index in [1.54, 1.807) is 25.2 Å². The van der Waals surface area contributed by atoms with Crippen LogP contribution in [0, 0.1) is 5.41 Å². The molecule has 0 aliphatic carbocycles. The van der Waals surface area contributed by atoms with Crippen LogP contribution in [0.2, 0.25) is 0 Å². The Balaban J connectivity index is 2.42. The summed E-state index contributed by atoms with van der Waals surface area (Å²) in [5, 5.41) is 14.9. The second-order valence-corrected chi connectivity index (χ2v) is 5.37. The van der Waals surface area contributed by atoms with Crippen LogP contribution in [0.4, 0.5) is 36.3 Å². The lowest BCUT2D eigenvalue weighted by Gasteiger charge is -2.15. The number of rotatable bonds is 6. The van der Waals surface area contributed by atoms with Crippen molar-refractivity contribution in [3.05, 3.63) is 47.9 Å². The molecule has 11 heteroatoms. The molecule has 0 saturated heterocycles. The number of hydrogen-bond acceptors (Lipinski definition) is 7. The highest BCUT2D eigenvalue weighted by Gasteiger charge is 2.35. The average molecular weight is 386 g/mol. The summed E-state index contributed by atoms with van der Waals surface area (Å²) < 4.78 is 39.7. The number of halogens is 4. The lowest BCUT2D eigenvalue weighted by Crippen LogP contribution is -2.15. The van der Waals surface area contributed by atoms with E-state index in [0.29, 0.717) is 17.6 Å². The van der Waals surface area contributed by atoms with Crippen LogP contribution in [-0.2, 0) is 6.18 Å². The van der Waals surface area contributed by atoms with E-state index >= 15 is 0 Å². The number of nitrogens with one attached hydrogen (secondary N) is 4. The zero-order chi connectivity index (χ0) is 19.3. The molecule has 0 amide bonds. The van der Waals surface area contributed by atoms with Gasteiger partial charge in [-0.15, -0.1) is 0 Å². The second kappa shape index (κ2) is 7.91. The highest BCUT2D eigenvalue weighted by molar-refractivity contribution is 6.68. The molecule has 1 heterocycles. The second-order valence-electron chi connectivity index (χ2n) is 4.99. The normalized spacial score (nSPS) is 11.8. The quantitative estimate of drug-likeness (QED) is 0.384. The largest absolute Gasteiger partial charge is 0.421 e. The predicted octanol–water partition coefficient (Wildman–Crippen LogP) is 3.51. The van der Waals surface area contributed by atoms with Crippen molar-refractivity contribution in [3.8, 4) is 0 Å². The van der Waals surface area contributed by atoms with Gasteiger partial charge in [-0.2, -0.15) is 18.2 Å². The maximum Gasteiger partial charge on any atom is 0.421 e. The molecule has 0 saturated carbocycles. The number of anilines is 4. The highest BCUT2D eigenvalue weighted by atomic mass is 35.5. The Hall–Kier alpha value is -3.01. The monoisotopic (exact) mass is 385 g/mol. The predicted molar refractivity (Wildman–Crippen MR) is 95.5 cm³/mol. The molecule has 26 heavy (non-hydrogen) atoms. The number of nitrogen functional groups attached to an aromatic ring is 1. The minimum Gasteiger partial charge on any atom is -0.399 e. The van der Waals surface area contributed by atoms with E-state index in [1.807, 2.05) is 0 Å². The molecule has 2 rings (SSSR count). The first kappa shape index (κ1) is 19.3. The summed E-state index contributed by atoms with van der Waals surface area (Å²) in [6, 6.07) is 6.21. The Labute approximate surface area is 152 Å². The Morgan fingerprint density at radius 2 is 2.08 bits per heavy atom. The van der Waals surface area contributed by atoms with Gasteiger partial charge in [0.25, 0.3) is 0 Å². The number of allylic oxidation sites excluding steroid dienone is 1. The van der Waals surface area contributed by atoms with Gasteiger partial charge >= 0.3 is 6.18 Å². The molecule has 2 aromatic rings. The maximum absolute atomic E-state index is 13.2. The van der Waals surface area contributed by atoms with Crippen LogP contribution in [-0.4, -0.2) is 22.2 Å². The van der Waals surface area contributed by atoms with Crippen molar-refractivity contribution in [2.75, 3.05) is 23.4 Å². The lowest BCUT2D eigenvalue weighted by atomic mass is 10.2. The standard InChI is InChI=1S/C15H15ClF3N7/c1-22-7-11(12(16)21)25-14-23-6-10(15(17,18)19)13(26-14)24-9-4-2-3-8(20)5-9/h2-7,21-22H,20H2,1H3,(H2,23,24,25,26)/b11-7+,21-12?. The third-order valence-corrected chi connectivity index (χ3v) is 3.22. The Kier molecular flexibility index (Phi) is 5.88. The van der Waals surface area contributed by atoms with E-state index in [2.05, 4.69) is 25.9 Å². The van der Waals surface area contributed by atoms with Crippen LogP contribution in [0.5, 0.6) is 0 Å². The molecule has 0 atom stereocenters. The van der Waals surface area contributed by atoms with Crippen LogP contribution < -0.4 is 21.7 Å². The van der Waals surface area contributed by atoms with Crippen molar-refractivity contribution in [1.29, 1.82) is 5.41 Å². The molecular weight excluding hydrogens is 371 g/mol. The van der Waals surface area contributed by atoms with Gasteiger partial charge in [-0.05, 0) is 18.2 Å². The minimum absolute atomic E-state index is 0.0869.